The van der Waals surface area contributed by atoms with Crippen molar-refractivity contribution in [2.45, 2.75) is 71.9 Å². The molecule has 24 nitrogen and oxygen atoms in total. The van der Waals surface area contributed by atoms with Crippen LogP contribution < -0.4 is 10.6 Å². The number of Topliss-reactive ketones (excluding diaryl/α,β-unsaturated/α-hetero) is 4. The fourth-order valence-electron chi connectivity index (χ4n) is 12.9. The molecule has 8 aromatic carbocycles. The molecule has 101 heavy (non-hydrogen) atoms. The summed E-state index contributed by atoms with van der Waals surface area (Å²) in [6.07, 6.45) is -0.209. The standard InChI is InChI=1S/2C38H31N3O9.CH4/c2*1-21(42)30(17-23-10-6-3-7-11-23)39-31(44)20-41-36(47)28-14-12-26-32-27(13-15-29(33(28)32)37(41)48)35(46)40(34(26)45)19-25(43)18-24(38(49)50)16-22-8-4-2-5-9-22;/h2*2-15,24,30H,16-20H2,1H3,(H,39,44)(H,49,50);1H4/t24-,30+;;/m1../s1. The van der Waals surface area contributed by atoms with Crippen molar-refractivity contribution in [3.8, 4) is 0 Å². The summed E-state index contributed by atoms with van der Waals surface area (Å²) in [7, 11) is 0. The molecule has 10 amide bonds. The third-order valence-corrected chi connectivity index (χ3v) is 17.9. The fourth-order valence-corrected chi connectivity index (χ4v) is 12.9. The number of carboxylic acids is 2. The number of hydrogen-bond acceptors (Lipinski definition) is 16. The topological polar surface area (TPSA) is 351 Å². The molecule has 4 aliphatic heterocycles. The number of hydrogen-bond donors (Lipinski definition) is 4. The van der Waals surface area contributed by atoms with Crippen LogP contribution in [0.1, 0.15) is 139 Å². The van der Waals surface area contributed by atoms with E-state index in [2.05, 4.69) is 10.6 Å². The van der Waals surface area contributed by atoms with Crippen LogP contribution in [0.5, 0.6) is 0 Å². The van der Waals surface area contributed by atoms with E-state index in [1.54, 1.807) is 84.9 Å². The van der Waals surface area contributed by atoms with Gasteiger partial charge in [0.2, 0.25) is 11.8 Å². The molecule has 512 valence electrons. The number of benzene rings is 8. The molecule has 0 aliphatic carbocycles. The van der Waals surface area contributed by atoms with Crippen LogP contribution in [-0.2, 0) is 64.0 Å². The van der Waals surface area contributed by atoms with Gasteiger partial charge in [-0.3, -0.25) is 96.3 Å². The highest BCUT2D eigenvalue weighted by atomic mass is 16.4. The molecule has 12 rings (SSSR count). The Kier molecular flexibility index (Phi) is 21.2. The molecule has 24 heteroatoms. The highest BCUT2D eigenvalue weighted by molar-refractivity contribution is 6.35. The van der Waals surface area contributed by atoms with Crippen LogP contribution in [0.25, 0.3) is 21.5 Å². The maximum atomic E-state index is 13.6. The number of aliphatic carboxylic acids is 2. The number of carbonyl (C=O) groups is 16. The van der Waals surface area contributed by atoms with Gasteiger partial charge >= 0.3 is 11.9 Å². The Morgan fingerprint density at radius 2 is 0.525 bits per heavy atom. The highest BCUT2D eigenvalue weighted by Crippen LogP contribution is 2.40. The van der Waals surface area contributed by atoms with Crippen molar-refractivity contribution < 1.29 is 86.9 Å². The lowest BCUT2D eigenvalue weighted by Crippen LogP contribution is -2.50. The number of imide groups is 4. The third kappa shape index (κ3) is 14.8. The third-order valence-electron chi connectivity index (χ3n) is 17.9. The minimum absolute atomic E-state index is 0. The smallest absolute Gasteiger partial charge is 0.307 e. The zero-order valence-corrected chi connectivity index (χ0v) is 53.8. The zero-order valence-electron chi connectivity index (χ0n) is 53.8. The summed E-state index contributed by atoms with van der Waals surface area (Å²) in [4.78, 5) is 213. The maximum absolute atomic E-state index is 13.6. The second-order valence-corrected chi connectivity index (χ2v) is 24.7. The number of carboxylic acid groups (broad SMARTS) is 2. The van der Waals surface area contributed by atoms with Crippen molar-refractivity contribution in [2.24, 2.45) is 11.8 Å². The van der Waals surface area contributed by atoms with Crippen molar-refractivity contribution in [3.05, 3.63) is 237 Å². The van der Waals surface area contributed by atoms with Gasteiger partial charge in [0.15, 0.2) is 23.1 Å². The normalized spacial score (nSPS) is 14.7. The summed E-state index contributed by atoms with van der Waals surface area (Å²) >= 11 is 0. The molecule has 0 aromatic heterocycles. The molecule has 2 unspecified atom stereocenters. The Morgan fingerprint density at radius 3 is 0.733 bits per heavy atom. The predicted octanol–water partition coefficient (Wildman–Crippen LogP) is 7.14. The number of nitrogens with zero attached hydrogens (tertiary/aromatic N) is 4. The van der Waals surface area contributed by atoms with Gasteiger partial charge in [-0.1, -0.05) is 129 Å². The van der Waals surface area contributed by atoms with Crippen LogP contribution in [0.3, 0.4) is 0 Å². The molecule has 4 aliphatic rings. The highest BCUT2D eigenvalue weighted by Gasteiger charge is 2.44. The molecular weight excluding hydrogens is 1300 g/mol. The summed E-state index contributed by atoms with van der Waals surface area (Å²) in [5.74, 6) is -14.4. The van der Waals surface area contributed by atoms with E-state index < -0.39 is 146 Å². The number of amides is 10. The molecule has 0 saturated heterocycles. The van der Waals surface area contributed by atoms with Gasteiger partial charge in [-0.05, 0) is 110 Å². The van der Waals surface area contributed by atoms with Gasteiger partial charge < -0.3 is 20.8 Å². The van der Waals surface area contributed by atoms with Gasteiger partial charge in [0, 0.05) is 78.9 Å². The first kappa shape index (κ1) is 71.2. The largest absolute Gasteiger partial charge is 0.481 e. The van der Waals surface area contributed by atoms with Gasteiger partial charge in [-0.25, -0.2) is 0 Å². The number of ketones is 4. The summed E-state index contributed by atoms with van der Waals surface area (Å²) in [5, 5.41) is 25.0. The van der Waals surface area contributed by atoms with E-state index in [1.807, 2.05) is 36.4 Å². The Morgan fingerprint density at radius 1 is 0.317 bits per heavy atom. The molecule has 4 atom stereocenters. The molecule has 0 fully saturated rings. The quantitative estimate of drug-likeness (QED) is 0.0391. The fraction of sp³-hybridized carbons (Fsp3) is 0.221. The molecule has 0 saturated carbocycles. The van der Waals surface area contributed by atoms with Crippen LogP contribution >= 0.6 is 0 Å². The lowest BCUT2D eigenvalue weighted by Gasteiger charge is -2.31. The summed E-state index contributed by atoms with van der Waals surface area (Å²) < 4.78 is 0. The molecule has 4 N–H and O–H groups in total. The van der Waals surface area contributed by atoms with Gasteiger partial charge in [0.25, 0.3) is 47.3 Å². The van der Waals surface area contributed by atoms with E-state index in [-0.39, 0.29) is 111 Å². The zero-order chi connectivity index (χ0) is 71.4. The van der Waals surface area contributed by atoms with Crippen LogP contribution in [-0.4, -0.2) is 162 Å². The molecule has 0 spiro atoms. The van der Waals surface area contributed by atoms with Crippen LogP contribution in [0.15, 0.2) is 170 Å². The van der Waals surface area contributed by atoms with E-state index >= 15 is 0 Å². The summed E-state index contributed by atoms with van der Waals surface area (Å²) in [6.45, 7) is 0.00526. The van der Waals surface area contributed by atoms with E-state index in [9.17, 15) is 86.9 Å². The molecule has 4 heterocycles. The van der Waals surface area contributed by atoms with Crippen LogP contribution in [0.2, 0.25) is 0 Å². The van der Waals surface area contributed by atoms with Crippen molar-refractivity contribution in [1.29, 1.82) is 0 Å². The number of carbonyl (C=O) groups excluding carboxylic acids is 14. The van der Waals surface area contributed by atoms with Gasteiger partial charge in [-0.2, -0.15) is 0 Å². The Bertz CT molecular complexity index is 4080. The Balaban J connectivity index is 0.000000216. The molecule has 0 radical (unpaired) electrons. The van der Waals surface area contributed by atoms with Gasteiger partial charge in [0.05, 0.1) is 37.0 Å². The van der Waals surface area contributed by atoms with E-state index in [1.165, 1.54) is 62.4 Å². The van der Waals surface area contributed by atoms with Gasteiger partial charge in [-0.15, -0.1) is 0 Å². The SMILES string of the molecule is C.CC(=O)C(Cc1ccccc1)NC(=O)CN1C(=O)c2ccc3c4c(ccc(c24)C1=O)C(=O)N(CC(=O)CC(Cc1ccccc1)C(=O)O)C3=O.CC(=O)[C@H](Cc1ccccc1)NC(=O)CN1C(=O)c2ccc3c4c(ccc(c24)C1=O)C(=O)N(CC(=O)C[C@@H](Cc1ccccc1)C(=O)O)C3=O. The van der Waals surface area contributed by atoms with E-state index in [0.29, 0.717) is 0 Å². The van der Waals surface area contributed by atoms with E-state index in [0.717, 1.165) is 41.9 Å². The van der Waals surface area contributed by atoms with E-state index in [4.69, 9.17) is 0 Å². The lowest BCUT2D eigenvalue weighted by molar-refractivity contribution is -0.144. The first-order valence-electron chi connectivity index (χ1n) is 31.8. The van der Waals surface area contributed by atoms with Crippen molar-refractivity contribution in [1.82, 2.24) is 30.2 Å². The summed E-state index contributed by atoms with van der Waals surface area (Å²) in [6, 6.07) is 44.5. The average molecular weight is 1360 g/mol. The number of nitrogens with one attached hydrogen (secondary N) is 2. The monoisotopic (exact) mass is 1360 g/mol. The average Bonchev–Trinajstić information content (AvgIpc) is 0.720. The van der Waals surface area contributed by atoms with Crippen LogP contribution in [0.4, 0.5) is 0 Å². The predicted molar refractivity (Wildman–Crippen MR) is 363 cm³/mol. The molecule has 8 aromatic rings. The van der Waals surface area contributed by atoms with Crippen molar-refractivity contribution >= 4 is 116 Å². The number of rotatable bonds is 26. The second kappa shape index (κ2) is 30.0. The minimum Gasteiger partial charge on any atom is -0.481 e. The van der Waals surface area contributed by atoms with Crippen LogP contribution in [0, 0.1) is 11.8 Å². The maximum Gasteiger partial charge on any atom is 0.307 e. The lowest BCUT2D eigenvalue weighted by atomic mass is 9.85. The summed E-state index contributed by atoms with van der Waals surface area (Å²) in [5.41, 5.74) is 3.01. The molecular formula is C77H66N6O18. The second-order valence-electron chi connectivity index (χ2n) is 24.7. The van der Waals surface area contributed by atoms with Crippen molar-refractivity contribution in [3.63, 3.8) is 0 Å². The van der Waals surface area contributed by atoms with Gasteiger partial charge in [0.1, 0.15) is 13.1 Å². The van der Waals surface area contributed by atoms with Crippen molar-refractivity contribution in [2.75, 3.05) is 26.2 Å². The Labute approximate surface area is 576 Å². The minimum atomic E-state index is -1.19. The molecule has 0 bridgehead atoms. The first-order chi connectivity index (χ1) is 47.9. The Hall–Kier alpha value is -12.6. The first-order valence-corrected chi connectivity index (χ1v) is 31.8.